The Morgan fingerprint density at radius 1 is 1.26 bits per heavy atom. The van der Waals surface area contributed by atoms with Gasteiger partial charge in [-0.2, -0.15) is 0 Å². The molecule has 2 aromatic rings. The summed E-state index contributed by atoms with van der Waals surface area (Å²) >= 11 is 0. The number of aromatic nitrogens is 2. The highest BCUT2D eigenvalue weighted by Gasteiger charge is 2.15. The van der Waals surface area contributed by atoms with Crippen LogP contribution < -0.4 is 11.2 Å². The number of benzene rings is 1. The van der Waals surface area contributed by atoms with Gasteiger partial charge in [0, 0.05) is 6.20 Å². The van der Waals surface area contributed by atoms with Gasteiger partial charge in [-0.3, -0.25) is 14.3 Å². The normalized spacial score (nSPS) is 10.4. The lowest BCUT2D eigenvalue weighted by atomic mass is 10.2. The van der Waals surface area contributed by atoms with Crippen LogP contribution in [0.1, 0.15) is 10.4 Å². The number of hydrogen-bond donors (Lipinski definition) is 2. The summed E-state index contributed by atoms with van der Waals surface area (Å²) in [6.07, 6.45) is 0.640. The fraction of sp³-hybridized carbons (Fsp3) is 0. The topological polar surface area (TPSA) is 92.2 Å². The summed E-state index contributed by atoms with van der Waals surface area (Å²) < 4.78 is 27.1. The number of halogens is 2. The zero-order valence-corrected chi connectivity index (χ0v) is 9.18. The van der Waals surface area contributed by atoms with Crippen molar-refractivity contribution in [1.29, 1.82) is 0 Å². The monoisotopic (exact) mass is 268 g/mol. The molecule has 8 heteroatoms. The zero-order valence-electron chi connectivity index (χ0n) is 9.18. The number of hydrogen-bond acceptors (Lipinski definition) is 3. The highest BCUT2D eigenvalue weighted by molar-refractivity contribution is 5.86. The first-order valence-corrected chi connectivity index (χ1v) is 4.95. The van der Waals surface area contributed by atoms with E-state index in [-0.39, 0.29) is 0 Å². The highest BCUT2D eigenvalue weighted by atomic mass is 19.2. The molecule has 0 atom stereocenters. The van der Waals surface area contributed by atoms with Gasteiger partial charge in [-0.15, -0.1) is 0 Å². The number of nitrogens with one attached hydrogen (secondary N) is 1. The third-order valence-corrected chi connectivity index (χ3v) is 2.36. The molecule has 19 heavy (non-hydrogen) atoms. The Morgan fingerprint density at radius 3 is 2.58 bits per heavy atom. The average molecular weight is 268 g/mol. The first kappa shape index (κ1) is 12.7. The number of carboxylic acid groups (broad SMARTS) is 1. The SMILES string of the molecule is O=C(O)c1cn(-c2cccc(F)c2F)c(=O)[nH]c1=O. The van der Waals surface area contributed by atoms with Crippen molar-refractivity contribution in [3.8, 4) is 5.69 Å². The Bertz CT molecular complexity index is 779. The van der Waals surface area contributed by atoms with E-state index in [2.05, 4.69) is 0 Å². The number of carboxylic acids is 1. The number of aromatic carboxylic acids is 1. The number of nitrogens with zero attached hydrogens (tertiary/aromatic N) is 1. The Labute approximate surface area is 103 Å². The van der Waals surface area contributed by atoms with Crippen molar-refractivity contribution < 1.29 is 18.7 Å². The van der Waals surface area contributed by atoms with Gasteiger partial charge in [0.25, 0.3) is 5.56 Å². The summed E-state index contributed by atoms with van der Waals surface area (Å²) in [7, 11) is 0. The lowest BCUT2D eigenvalue weighted by molar-refractivity contribution is 0.0694. The van der Waals surface area contributed by atoms with Gasteiger partial charge < -0.3 is 5.11 Å². The molecule has 0 bridgehead atoms. The van der Waals surface area contributed by atoms with E-state index in [4.69, 9.17) is 5.11 Å². The lowest BCUT2D eigenvalue weighted by Gasteiger charge is -2.07. The average Bonchev–Trinajstić information content (AvgIpc) is 2.33. The largest absolute Gasteiger partial charge is 0.477 e. The van der Waals surface area contributed by atoms with Crippen molar-refractivity contribution >= 4 is 5.97 Å². The van der Waals surface area contributed by atoms with Crippen molar-refractivity contribution in [3.05, 3.63) is 62.4 Å². The van der Waals surface area contributed by atoms with E-state index in [0.29, 0.717) is 10.8 Å². The van der Waals surface area contributed by atoms with Crippen LogP contribution in [0.2, 0.25) is 0 Å². The maximum atomic E-state index is 13.5. The third kappa shape index (κ3) is 2.15. The van der Waals surface area contributed by atoms with E-state index in [9.17, 15) is 23.2 Å². The standard InChI is InChI=1S/C11H6F2N2O4/c12-6-2-1-3-7(8(6)13)15-4-5(10(17)18)9(16)14-11(15)19/h1-4H,(H,17,18)(H,14,16,19). The second kappa shape index (κ2) is 4.48. The molecule has 2 rings (SSSR count). The molecule has 0 unspecified atom stereocenters. The molecular weight excluding hydrogens is 262 g/mol. The summed E-state index contributed by atoms with van der Waals surface area (Å²) in [5.41, 5.74) is -3.45. The maximum Gasteiger partial charge on any atom is 0.342 e. The Hall–Kier alpha value is -2.77. The van der Waals surface area contributed by atoms with Crippen LogP contribution in [0.5, 0.6) is 0 Å². The van der Waals surface area contributed by atoms with Gasteiger partial charge in [-0.25, -0.2) is 18.4 Å². The smallest absolute Gasteiger partial charge is 0.342 e. The minimum Gasteiger partial charge on any atom is -0.477 e. The fourth-order valence-electron chi connectivity index (χ4n) is 1.48. The minimum absolute atomic E-state index is 0.497. The number of rotatable bonds is 2. The first-order valence-electron chi connectivity index (χ1n) is 4.95. The molecule has 0 fully saturated rings. The molecule has 0 radical (unpaired) electrons. The summed E-state index contributed by atoms with van der Waals surface area (Å²) in [5, 5.41) is 8.75. The van der Waals surface area contributed by atoms with Crippen LogP contribution in [0.4, 0.5) is 8.78 Å². The van der Waals surface area contributed by atoms with Crippen LogP contribution in [-0.2, 0) is 0 Å². The second-order valence-electron chi connectivity index (χ2n) is 3.55. The van der Waals surface area contributed by atoms with Crippen LogP contribution in [0.3, 0.4) is 0 Å². The molecule has 1 aromatic heterocycles. The molecule has 6 nitrogen and oxygen atoms in total. The molecular formula is C11H6F2N2O4. The third-order valence-electron chi connectivity index (χ3n) is 2.36. The molecule has 1 aromatic carbocycles. The van der Waals surface area contributed by atoms with Gasteiger partial charge in [0.15, 0.2) is 11.6 Å². The maximum absolute atomic E-state index is 13.5. The summed E-state index contributed by atoms with van der Waals surface area (Å²) in [4.78, 5) is 35.2. The summed E-state index contributed by atoms with van der Waals surface area (Å²) in [6, 6.07) is 3.06. The quantitative estimate of drug-likeness (QED) is 0.829. The van der Waals surface area contributed by atoms with E-state index in [1.807, 2.05) is 0 Å². The Balaban J connectivity index is 2.80. The number of H-pyrrole nitrogens is 1. The van der Waals surface area contributed by atoms with Crippen LogP contribution in [0, 0.1) is 11.6 Å². The molecule has 0 saturated carbocycles. The molecule has 0 aliphatic rings. The van der Waals surface area contributed by atoms with Gasteiger partial charge in [0.05, 0.1) is 5.69 Å². The lowest BCUT2D eigenvalue weighted by Crippen LogP contribution is -2.32. The van der Waals surface area contributed by atoms with Gasteiger partial charge in [-0.05, 0) is 12.1 Å². The van der Waals surface area contributed by atoms with E-state index in [1.54, 1.807) is 4.98 Å². The number of carbonyl (C=O) groups is 1. The van der Waals surface area contributed by atoms with Gasteiger partial charge >= 0.3 is 11.7 Å². The van der Waals surface area contributed by atoms with Crippen molar-refractivity contribution in [1.82, 2.24) is 9.55 Å². The minimum atomic E-state index is -1.59. The molecule has 2 N–H and O–H groups in total. The van der Waals surface area contributed by atoms with Crippen LogP contribution >= 0.6 is 0 Å². The van der Waals surface area contributed by atoms with E-state index >= 15 is 0 Å². The van der Waals surface area contributed by atoms with E-state index in [1.165, 1.54) is 0 Å². The first-order chi connectivity index (χ1) is 8.91. The van der Waals surface area contributed by atoms with Gasteiger partial charge in [0.1, 0.15) is 5.56 Å². The summed E-state index contributed by atoms with van der Waals surface area (Å²) in [5.74, 6) is -4.12. The van der Waals surface area contributed by atoms with Crippen LogP contribution in [0.25, 0.3) is 5.69 Å². The highest BCUT2D eigenvalue weighted by Crippen LogP contribution is 2.14. The molecule has 0 spiro atoms. The van der Waals surface area contributed by atoms with Gasteiger partial charge in [0.2, 0.25) is 0 Å². The van der Waals surface area contributed by atoms with Crippen LogP contribution in [-0.4, -0.2) is 20.6 Å². The Morgan fingerprint density at radius 2 is 1.95 bits per heavy atom. The second-order valence-corrected chi connectivity index (χ2v) is 3.55. The molecule has 1 heterocycles. The van der Waals surface area contributed by atoms with E-state index < -0.39 is 40.1 Å². The van der Waals surface area contributed by atoms with Gasteiger partial charge in [-0.1, -0.05) is 6.07 Å². The summed E-state index contributed by atoms with van der Waals surface area (Å²) in [6.45, 7) is 0. The molecule has 0 aliphatic carbocycles. The zero-order chi connectivity index (χ0) is 14.2. The Kier molecular flexibility index (Phi) is 2.99. The number of aromatic amines is 1. The van der Waals surface area contributed by atoms with Crippen LogP contribution in [0.15, 0.2) is 34.0 Å². The molecule has 98 valence electrons. The van der Waals surface area contributed by atoms with Crippen molar-refractivity contribution in [2.24, 2.45) is 0 Å². The van der Waals surface area contributed by atoms with Crippen molar-refractivity contribution in [2.45, 2.75) is 0 Å². The predicted molar refractivity (Wildman–Crippen MR) is 59.5 cm³/mol. The molecule has 0 amide bonds. The van der Waals surface area contributed by atoms with Crippen molar-refractivity contribution in [2.75, 3.05) is 0 Å². The van der Waals surface area contributed by atoms with Crippen molar-refractivity contribution in [3.63, 3.8) is 0 Å². The molecule has 0 aliphatic heterocycles. The predicted octanol–water partition coefficient (Wildman–Crippen LogP) is 0.502. The molecule has 0 saturated heterocycles. The van der Waals surface area contributed by atoms with E-state index in [0.717, 1.165) is 18.2 Å². The fourth-order valence-corrected chi connectivity index (χ4v) is 1.48.